The van der Waals surface area contributed by atoms with Gasteiger partial charge in [0.1, 0.15) is 6.04 Å². The molecule has 0 bridgehead atoms. The summed E-state index contributed by atoms with van der Waals surface area (Å²) < 4.78 is 0. The monoisotopic (exact) mass is 612 g/mol. The van der Waals surface area contributed by atoms with Gasteiger partial charge in [0, 0.05) is 12.6 Å². The molecule has 0 heterocycles. The van der Waals surface area contributed by atoms with E-state index in [2.05, 4.69) is 16.0 Å². The molecule has 0 aromatic heterocycles. The van der Waals surface area contributed by atoms with E-state index in [-0.39, 0.29) is 25.4 Å². The Hall–Kier alpha value is -2.71. The fourth-order valence-electron chi connectivity index (χ4n) is 4.30. The molecule has 12 nitrogen and oxygen atoms in total. The van der Waals surface area contributed by atoms with Crippen molar-refractivity contribution in [1.82, 2.24) is 16.0 Å². The maximum atomic E-state index is 13.2. The third-order valence-corrected chi connectivity index (χ3v) is 7.44. The molecule has 0 unspecified atom stereocenters. The van der Waals surface area contributed by atoms with Crippen molar-refractivity contribution in [2.24, 2.45) is 11.7 Å². The van der Waals surface area contributed by atoms with E-state index in [1.54, 1.807) is 42.1 Å². The van der Waals surface area contributed by atoms with Gasteiger partial charge >= 0.3 is 5.97 Å². The lowest BCUT2D eigenvalue weighted by atomic mass is 9.98. The summed E-state index contributed by atoms with van der Waals surface area (Å²) >= 11 is 1.65. The first-order valence-corrected chi connectivity index (χ1v) is 15.7. The summed E-state index contributed by atoms with van der Waals surface area (Å²) in [5.41, 5.74) is 6.53. The number of hydrogen-bond donors (Lipinski definition) is 8. The van der Waals surface area contributed by atoms with Gasteiger partial charge in [-0.3, -0.25) is 19.2 Å². The lowest BCUT2D eigenvalue weighted by Gasteiger charge is -2.27. The molecule has 42 heavy (non-hydrogen) atoms. The molecular formula is C29H48N4O8S. The SMILES string of the molecule is CSCCC[C@H](N)C(=O)N[C@@H](CCC(C)C)C(=O)N[C@@H](CCO)C[C@@H](O)[C@H](O)C(=O)N[C@@H](CC(=O)O)c1ccccc1. The molecule has 3 amide bonds. The lowest BCUT2D eigenvalue weighted by Crippen LogP contribution is -2.54. The van der Waals surface area contributed by atoms with Crippen LogP contribution in [0.25, 0.3) is 0 Å². The van der Waals surface area contributed by atoms with Gasteiger partial charge in [0.25, 0.3) is 5.91 Å². The van der Waals surface area contributed by atoms with Gasteiger partial charge in [-0.2, -0.15) is 11.8 Å². The highest BCUT2D eigenvalue weighted by Crippen LogP contribution is 2.18. The normalized spacial score (nSPS) is 15.6. The molecule has 1 aromatic rings. The van der Waals surface area contributed by atoms with Crippen LogP contribution in [-0.4, -0.2) is 93.1 Å². The van der Waals surface area contributed by atoms with Crippen molar-refractivity contribution in [2.75, 3.05) is 18.6 Å². The van der Waals surface area contributed by atoms with Crippen LogP contribution in [0.3, 0.4) is 0 Å². The van der Waals surface area contributed by atoms with Crippen LogP contribution in [0.1, 0.15) is 70.4 Å². The predicted molar refractivity (Wildman–Crippen MR) is 161 cm³/mol. The summed E-state index contributed by atoms with van der Waals surface area (Å²) in [6.45, 7) is 3.63. The molecule has 0 aliphatic rings. The van der Waals surface area contributed by atoms with Crippen LogP contribution >= 0.6 is 11.8 Å². The Balaban J connectivity index is 2.90. The summed E-state index contributed by atoms with van der Waals surface area (Å²) in [6.07, 6.45) is -0.0970. The number of aliphatic carboxylic acids is 1. The minimum absolute atomic E-state index is 0.0157. The van der Waals surface area contributed by atoms with Gasteiger partial charge in [0.2, 0.25) is 11.8 Å². The van der Waals surface area contributed by atoms with E-state index in [9.17, 15) is 39.6 Å². The molecule has 13 heteroatoms. The van der Waals surface area contributed by atoms with Gasteiger partial charge in [0.05, 0.1) is 24.6 Å². The highest BCUT2D eigenvalue weighted by atomic mass is 32.2. The molecule has 0 aliphatic heterocycles. The first-order chi connectivity index (χ1) is 19.9. The van der Waals surface area contributed by atoms with Gasteiger partial charge in [0.15, 0.2) is 6.10 Å². The number of carboxylic acids is 1. The molecule has 1 rings (SSSR count). The predicted octanol–water partition coefficient (Wildman–Crippen LogP) is 0.689. The number of carbonyl (C=O) groups is 4. The Kier molecular flexibility index (Phi) is 18.0. The Labute approximate surface area is 252 Å². The third kappa shape index (κ3) is 14.5. The maximum absolute atomic E-state index is 13.2. The van der Waals surface area contributed by atoms with E-state index < -0.39 is 66.5 Å². The standard InChI is InChI=1S/C29H48N4O8S/c1-18(2)11-12-22(32-27(39)21(30)10-7-15-42-3)28(40)31-20(13-14-34)16-24(35)26(38)29(41)33-23(17-25(36)37)19-8-5-4-6-9-19/h4-6,8-9,18,20-24,26,34-35,38H,7,10-17,30H2,1-3H3,(H,31,40)(H,32,39)(H,33,41)(H,36,37)/t20-,21-,22-,23-,24+,26-/m0/s1. The Morgan fingerprint density at radius 3 is 2.14 bits per heavy atom. The second-order valence-electron chi connectivity index (χ2n) is 10.8. The summed E-state index contributed by atoms with van der Waals surface area (Å²) in [4.78, 5) is 50.0. The summed E-state index contributed by atoms with van der Waals surface area (Å²) in [6, 6.07) is 4.92. The summed E-state index contributed by atoms with van der Waals surface area (Å²) in [5, 5.41) is 47.9. The molecule has 0 radical (unpaired) electrons. The summed E-state index contributed by atoms with van der Waals surface area (Å²) in [7, 11) is 0. The zero-order valence-electron chi connectivity index (χ0n) is 24.7. The largest absolute Gasteiger partial charge is 0.481 e. The number of aliphatic hydroxyl groups excluding tert-OH is 3. The molecular weight excluding hydrogens is 564 g/mol. The third-order valence-electron chi connectivity index (χ3n) is 6.75. The number of benzene rings is 1. The molecule has 0 saturated heterocycles. The van der Waals surface area contributed by atoms with Gasteiger partial charge in [-0.05, 0) is 62.0 Å². The van der Waals surface area contributed by atoms with E-state index >= 15 is 0 Å². The van der Waals surface area contributed by atoms with Crippen molar-refractivity contribution in [3.8, 4) is 0 Å². The van der Waals surface area contributed by atoms with Crippen LogP contribution in [0, 0.1) is 5.92 Å². The molecule has 0 spiro atoms. The number of carbonyl (C=O) groups excluding carboxylic acids is 3. The minimum atomic E-state index is -1.93. The number of rotatable bonds is 21. The number of hydrogen-bond acceptors (Lipinski definition) is 9. The fourth-order valence-corrected chi connectivity index (χ4v) is 4.75. The average Bonchev–Trinajstić information content (AvgIpc) is 2.94. The number of thioether (sulfide) groups is 1. The molecule has 6 atom stereocenters. The van der Waals surface area contributed by atoms with Crippen LogP contribution in [0.15, 0.2) is 30.3 Å². The second kappa shape index (κ2) is 20.2. The highest BCUT2D eigenvalue weighted by Gasteiger charge is 2.31. The smallest absolute Gasteiger partial charge is 0.305 e. The quantitative estimate of drug-likeness (QED) is 0.0910. The van der Waals surface area contributed by atoms with E-state index in [1.165, 1.54) is 0 Å². The zero-order chi connectivity index (χ0) is 31.7. The zero-order valence-corrected chi connectivity index (χ0v) is 25.5. The topological polar surface area (TPSA) is 211 Å². The number of nitrogens with two attached hydrogens (primary N) is 1. The molecule has 0 aliphatic carbocycles. The van der Waals surface area contributed by atoms with Crippen molar-refractivity contribution >= 4 is 35.5 Å². The van der Waals surface area contributed by atoms with Gasteiger partial charge in [-0.25, -0.2) is 0 Å². The van der Waals surface area contributed by atoms with E-state index in [0.717, 1.165) is 12.2 Å². The van der Waals surface area contributed by atoms with Crippen LogP contribution in [0.2, 0.25) is 0 Å². The first kappa shape index (κ1) is 37.3. The minimum Gasteiger partial charge on any atom is -0.481 e. The van der Waals surface area contributed by atoms with Crippen LogP contribution < -0.4 is 21.7 Å². The van der Waals surface area contributed by atoms with Crippen molar-refractivity contribution in [3.05, 3.63) is 35.9 Å². The second-order valence-corrected chi connectivity index (χ2v) is 11.8. The van der Waals surface area contributed by atoms with Gasteiger partial charge < -0.3 is 42.1 Å². The summed E-state index contributed by atoms with van der Waals surface area (Å²) in [5.74, 6) is -2.00. The number of nitrogens with one attached hydrogen (secondary N) is 3. The Morgan fingerprint density at radius 1 is 0.905 bits per heavy atom. The van der Waals surface area contributed by atoms with Crippen LogP contribution in [0.4, 0.5) is 0 Å². The van der Waals surface area contributed by atoms with Crippen LogP contribution in [0.5, 0.6) is 0 Å². The molecule has 0 fully saturated rings. The molecule has 1 aromatic carbocycles. The molecule has 9 N–H and O–H groups in total. The maximum Gasteiger partial charge on any atom is 0.305 e. The van der Waals surface area contributed by atoms with Crippen molar-refractivity contribution in [2.45, 2.75) is 95.2 Å². The van der Waals surface area contributed by atoms with Gasteiger partial charge in [-0.15, -0.1) is 0 Å². The Bertz CT molecular complexity index is 968. The first-order valence-electron chi connectivity index (χ1n) is 14.3. The number of carboxylic acid groups (broad SMARTS) is 1. The lowest BCUT2D eigenvalue weighted by molar-refractivity contribution is -0.139. The number of amides is 3. The van der Waals surface area contributed by atoms with Crippen molar-refractivity contribution < 1.29 is 39.6 Å². The van der Waals surface area contributed by atoms with Crippen molar-refractivity contribution in [3.63, 3.8) is 0 Å². The van der Waals surface area contributed by atoms with Crippen LogP contribution in [-0.2, 0) is 19.2 Å². The van der Waals surface area contributed by atoms with E-state index in [4.69, 9.17) is 5.73 Å². The highest BCUT2D eigenvalue weighted by molar-refractivity contribution is 7.98. The Morgan fingerprint density at radius 2 is 1.57 bits per heavy atom. The fraction of sp³-hybridized carbons (Fsp3) is 0.655. The molecule has 0 saturated carbocycles. The average molecular weight is 613 g/mol. The van der Waals surface area contributed by atoms with E-state index in [0.29, 0.717) is 24.8 Å². The molecule has 238 valence electrons. The number of aliphatic hydroxyl groups is 3. The van der Waals surface area contributed by atoms with E-state index in [1.807, 2.05) is 20.1 Å². The van der Waals surface area contributed by atoms with Crippen molar-refractivity contribution in [1.29, 1.82) is 0 Å². The van der Waals surface area contributed by atoms with Gasteiger partial charge in [-0.1, -0.05) is 44.2 Å².